The third kappa shape index (κ3) is 3.13. The summed E-state index contributed by atoms with van der Waals surface area (Å²) in [6, 6.07) is 3.62. The van der Waals surface area contributed by atoms with Crippen LogP contribution in [0, 0.1) is 5.41 Å². The summed E-state index contributed by atoms with van der Waals surface area (Å²) in [7, 11) is 0. The number of nitrogens with one attached hydrogen (secondary N) is 2. The number of rotatable bonds is 3. The Balaban J connectivity index is 2.62. The van der Waals surface area contributed by atoms with Gasteiger partial charge in [-0.05, 0) is 12.1 Å². The smallest absolute Gasteiger partial charge is 0.145 e. The summed E-state index contributed by atoms with van der Waals surface area (Å²) in [6.45, 7) is 0. The van der Waals surface area contributed by atoms with Crippen molar-refractivity contribution in [2.75, 3.05) is 5.32 Å². The highest BCUT2D eigenvalue weighted by atomic mass is 35.5. The van der Waals surface area contributed by atoms with E-state index in [1.54, 1.807) is 18.5 Å². The van der Waals surface area contributed by atoms with E-state index in [0.29, 0.717) is 0 Å². The number of anilines is 1. The summed E-state index contributed by atoms with van der Waals surface area (Å²) in [5.74, 6) is 0. The molecule has 0 unspecified atom stereocenters. The standard InChI is InChI=1S/C8H9ClN4/c9-8(11)7(10)5-13-6-2-1-3-12-4-6/h1-5,11,13H,10H2/b7-5+,11-8?. The monoisotopic (exact) mass is 196 g/mol. The van der Waals surface area contributed by atoms with Gasteiger partial charge in [-0.2, -0.15) is 0 Å². The first-order valence-corrected chi connectivity index (χ1v) is 3.94. The molecule has 13 heavy (non-hydrogen) atoms. The zero-order valence-electron chi connectivity index (χ0n) is 6.79. The molecule has 0 bridgehead atoms. The van der Waals surface area contributed by atoms with Crippen molar-refractivity contribution in [1.29, 1.82) is 5.41 Å². The quantitative estimate of drug-likeness (QED) is 0.642. The molecule has 0 aliphatic heterocycles. The minimum absolute atomic E-state index is 0.184. The van der Waals surface area contributed by atoms with Gasteiger partial charge < -0.3 is 11.1 Å². The van der Waals surface area contributed by atoms with Gasteiger partial charge in [-0.15, -0.1) is 0 Å². The summed E-state index contributed by atoms with van der Waals surface area (Å²) in [5.41, 5.74) is 6.37. The van der Waals surface area contributed by atoms with Gasteiger partial charge in [0.05, 0.1) is 17.6 Å². The molecule has 0 atom stereocenters. The highest BCUT2D eigenvalue weighted by Gasteiger charge is 1.93. The first kappa shape index (κ1) is 9.54. The van der Waals surface area contributed by atoms with Crippen molar-refractivity contribution in [3.8, 4) is 0 Å². The second kappa shape index (κ2) is 4.47. The van der Waals surface area contributed by atoms with E-state index in [1.165, 1.54) is 6.20 Å². The van der Waals surface area contributed by atoms with Crippen LogP contribution in [0.3, 0.4) is 0 Å². The normalized spacial score (nSPS) is 11.0. The minimum Gasteiger partial charge on any atom is -0.395 e. The van der Waals surface area contributed by atoms with Gasteiger partial charge in [0.2, 0.25) is 0 Å². The Morgan fingerprint density at radius 2 is 2.46 bits per heavy atom. The Morgan fingerprint density at radius 3 is 3.00 bits per heavy atom. The van der Waals surface area contributed by atoms with Crippen LogP contribution in [0.4, 0.5) is 5.69 Å². The Labute approximate surface area is 80.9 Å². The number of allylic oxidation sites excluding steroid dienone is 1. The molecule has 0 fully saturated rings. The lowest BCUT2D eigenvalue weighted by Gasteiger charge is -2.00. The molecular formula is C8H9ClN4. The molecule has 68 valence electrons. The summed E-state index contributed by atoms with van der Waals surface area (Å²) in [6.07, 6.45) is 4.76. The number of halogens is 1. The van der Waals surface area contributed by atoms with Gasteiger partial charge in [-0.1, -0.05) is 11.6 Å². The third-order valence-corrected chi connectivity index (χ3v) is 1.53. The number of hydrogen-bond acceptors (Lipinski definition) is 4. The van der Waals surface area contributed by atoms with Crippen molar-refractivity contribution >= 4 is 22.5 Å². The van der Waals surface area contributed by atoms with Gasteiger partial charge in [-0.25, -0.2) is 0 Å². The fraction of sp³-hybridized carbons (Fsp3) is 0. The predicted molar refractivity (Wildman–Crippen MR) is 53.7 cm³/mol. The predicted octanol–water partition coefficient (Wildman–Crippen LogP) is 1.51. The zero-order chi connectivity index (χ0) is 9.68. The topological polar surface area (TPSA) is 74.8 Å². The van der Waals surface area contributed by atoms with Crippen molar-refractivity contribution in [2.45, 2.75) is 0 Å². The minimum atomic E-state index is -0.184. The van der Waals surface area contributed by atoms with Crippen LogP contribution < -0.4 is 11.1 Å². The highest BCUT2D eigenvalue weighted by Crippen LogP contribution is 2.03. The van der Waals surface area contributed by atoms with Crippen LogP contribution in [0.2, 0.25) is 0 Å². The number of nitrogens with two attached hydrogens (primary N) is 1. The maximum Gasteiger partial charge on any atom is 0.145 e. The molecule has 4 nitrogen and oxygen atoms in total. The summed E-state index contributed by atoms with van der Waals surface area (Å²) in [4.78, 5) is 3.89. The lowest BCUT2D eigenvalue weighted by atomic mass is 10.4. The molecular weight excluding hydrogens is 188 g/mol. The van der Waals surface area contributed by atoms with Gasteiger partial charge >= 0.3 is 0 Å². The van der Waals surface area contributed by atoms with E-state index in [9.17, 15) is 0 Å². The van der Waals surface area contributed by atoms with Crippen LogP contribution in [-0.4, -0.2) is 10.2 Å². The third-order valence-electron chi connectivity index (χ3n) is 1.31. The first-order chi connectivity index (χ1) is 6.20. The molecule has 0 aliphatic rings. The van der Waals surface area contributed by atoms with E-state index in [-0.39, 0.29) is 10.9 Å². The van der Waals surface area contributed by atoms with Gasteiger partial charge in [-0.3, -0.25) is 10.4 Å². The van der Waals surface area contributed by atoms with Crippen molar-refractivity contribution in [1.82, 2.24) is 4.98 Å². The van der Waals surface area contributed by atoms with Crippen molar-refractivity contribution in [2.24, 2.45) is 5.73 Å². The van der Waals surface area contributed by atoms with Crippen LogP contribution in [0.5, 0.6) is 0 Å². The molecule has 0 aromatic carbocycles. The van der Waals surface area contributed by atoms with Crippen molar-refractivity contribution < 1.29 is 0 Å². The fourth-order valence-corrected chi connectivity index (χ4v) is 0.727. The van der Waals surface area contributed by atoms with E-state index in [2.05, 4.69) is 10.3 Å². The second-order valence-corrected chi connectivity index (χ2v) is 2.68. The fourth-order valence-electron chi connectivity index (χ4n) is 0.673. The largest absolute Gasteiger partial charge is 0.395 e. The molecule has 0 spiro atoms. The molecule has 5 heteroatoms. The van der Waals surface area contributed by atoms with E-state index in [1.807, 2.05) is 6.07 Å². The lowest BCUT2D eigenvalue weighted by Crippen LogP contribution is -2.06. The van der Waals surface area contributed by atoms with E-state index in [4.69, 9.17) is 22.7 Å². The highest BCUT2D eigenvalue weighted by molar-refractivity contribution is 6.68. The molecule has 0 saturated heterocycles. The van der Waals surface area contributed by atoms with E-state index in [0.717, 1.165) is 5.69 Å². The number of hydrogen-bond donors (Lipinski definition) is 3. The Hall–Kier alpha value is -1.55. The van der Waals surface area contributed by atoms with Gasteiger partial charge in [0.25, 0.3) is 0 Å². The molecule has 0 saturated carbocycles. The van der Waals surface area contributed by atoms with Gasteiger partial charge in [0.15, 0.2) is 0 Å². The summed E-state index contributed by atoms with van der Waals surface area (Å²) in [5, 5.41) is 9.65. The average Bonchev–Trinajstić information content (AvgIpc) is 2.15. The molecule has 0 aliphatic carbocycles. The Morgan fingerprint density at radius 1 is 1.69 bits per heavy atom. The second-order valence-electron chi connectivity index (χ2n) is 2.30. The van der Waals surface area contributed by atoms with E-state index < -0.39 is 0 Å². The summed E-state index contributed by atoms with van der Waals surface area (Å²) >= 11 is 5.33. The molecule has 0 amide bonds. The van der Waals surface area contributed by atoms with Crippen LogP contribution in [0.15, 0.2) is 36.4 Å². The van der Waals surface area contributed by atoms with Crippen LogP contribution in [0.25, 0.3) is 0 Å². The number of pyridine rings is 1. The molecule has 1 rings (SSSR count). The number of aromatic nitrogens is 1. The SMILES string of the molecule is N=C(Cl)/C(N)=C\Nc1cccnc1. The summed E-state index contributed by atoms with van der Waals surface area (Å²) < 4.78 is 0. The number of nitrogens with zero attached hydrogens (tertiary/aromatic N) is 1. The zero-order valence-corrected chi connectivity index (χ0v) is 7.55. The van der Waals surface area contributed by atoms with Gasteiger partial charge in [0.1, 0.15) is 5.17 Å². The van der Waals surface area contributed by atoms with Gasteiger partial charge in [0, 0.05) is 12.4 Å². The lowest BCUT2D eigenvalue weighted by molar-refractivity contribution is 1.31. The molecule has 1 aromatic rings. The Kier molecular flexibility index (Phi) is 3.28. The molecule has 1 aromatic heterocycles. The maximum absolute atomic E-state index is 6.98. The first-order valence-electron chi connectivity index (χ1n) is 3.57. The van der Waals surface area contributed by atoms with Crippen LogP contribution in [-0.2, 0) is 0 Å². The van der Waals surface area contributed by atoms with Crippen LogP contribution >= 0.6 is 11.6 Å². The maximum atomic E-state index is 6.98. The van der Waals surface area contributed by atoms with Crippen LogP contribution in [0.1, 0.15) is 0 Å². The Bertz CT molecular complexity index is 320. The molecule has 1 heterocycles. The molecule has 0 radical (unpaired) electrons. The average molecular weight is 197 g/mol. The van der Waals surface area contributed by atoms with Crippen molar-refractivity contribution in [3.05, 3.63) is 36.4 Å². The van der Waals surface area contributed by atoms with Crippen molar-refractivity contribution in [3.63, 3.8) is 0 Å². The van der Waals surface area contributed by atoms with E-state index >= 15 is 0 Å². The molecule has 4 N–H and O–H groups in total.